The van der Waals surface area contributed by atoms with E-state index in [1.807, 2.05) is 0 Å². The van der Waals surface area contributed by atoms with E-state index in [1.54, 1.807) is 25.1 Å². The molecule has 2 aromatic heterocycles. The summed E-state index contributed by atoms with van der Waals surface area (Å²) in [6.45, 7) is 1.70. The molecule has 1 amide bonds. The van der Waals surface area contributed by atoms with Crippen LogP contribution in [0.25, 0.3) is 5.82 Å². The molecule has 10 heteroatoms. The van der Waals surface area contributed by atoms with Crippen molar-refractivity contribution in [1.82, 2.24) is 14.8 Å². The third kappa shape index (κ3) is 4.16. The Morgan fingerprint density at radius 3 is 2.63 bits per heavy atom. The van der Waals surface area contributed by atoms with Crippen molar-refractivity contribution >= 4 is 67.6 Å². The lowest BCUT2D eigenvalue weighted by Gasteiger charge is -2.13. The highest BCUT2D eigenvalue weighted by molar-refractivity contribution is 9.10. The van der Waals surface area contributed by atoms with Crippen LogP contribution in [0.1, 0.15) is 26.4 Å². The molecule has 0 spiro atoms. The van der Waals surface area contributed by atoms with Crippen LogP contribution in [0.15, 0.2) is 41.1 Å². The topological polar surface area (TPSA) is 76.9 Å². The predicted molar refractivity (Wildman–Crippen MR) is 108 cm³/mol. The number of anilines is 1. The van der Waals surface area contributed by atoms with Crippen LogP contribution >= 0.6 is 50.7 Å². The molecule has 0 aliphatic rings. The quantitative estimate of drug-likeness (QED) is 0.507. The van der Waals surface area contributed by atoms with Gasteiger partial charge in [-0.2, -0.15) is 5.10 Å². The fraction of sp³-hybridized carbons (Fsp3) is 0.0588. The van der Waals surface area contributed by atoms with Crippen LogP contribution in [0, 0.1) is 6.92 Å². The van der Waals surface area contributed by atoms with Crippen LogP contribution < -0.4 is 5.32 Å². The summed E-state index contributed by atoms with van der Waals surface area (Å²) in [4.78, 5) is 28.8. The van der Waals surface area contributed by atoms with Crippen molar-refractivity contribution < 1.29 is 9.59 Å². The molecule has 0 aliphatic heterocycles. The zero-order valence-electron chi connectivity index (χ0n) is 13.6. The maximum Gasteiger partial charge on any atom is 0.274 e. The normalized spacial score (nSPS) is 10.7. The van der Waals surface area contributed by atoms with Crippen molar-refractivity contribution in [3.63, 3.8) is 0 Å². The number of halogens is 4. The Hall–Kier alpha value is -1.93. The summed E-state index contributed by atoms with van der Waals surface area (Å²) in [5.74, 6) is -0.240. The summed E-state index contributed by atoms with van der Waals surface area (Å²) in [6, 6.07) is 7.81. The molecule has 0 unspecified atom stereocenters. The van der Waals surface area contributed by atoms with Gasteiger partial charge >= 0.3 is 0 Å². The van der Waals surface area contributed by atoms with Gasteiger partial charge in [-0.15, -0.1) is 0 Å². The number of aromatic nitrogens is 3. The summed E-state index contributed by atoms with van der Waals surface area (Å²) in [6.07, 6.45) is 1.53. The highest BCUT2D eigenvalue weighted by atomic mass is 79.9. The first-order valence-electron chi connectivity index (χ1n) is 7.45. The Balaban J connectivity index is 2.05. The SMILES string of the molecule is Cc1cc(Cl)cc(C(=O)Cl)c1NC(=O)c1cc(Br)nn1-c1ncccc1Cl. The van der Waals surface area contributed by atoms with Crippen LogP contribution in [-0.4, -0.2) is 25.9 Å². The number of rotatable bonds is 4. The first kappa shape index (κ1) is 19.8. The van der Waals surface area contributed by atoms with Crippen molar-refractivity contribution in [2.45, 2.75) is 6.92 Å². The standard InChI is InChI=1S/C17H10BrCl3N4O2/c1-8-5-9(19)6-10(15(21)26)14(8)23-17(27)12-7-13(18)24-25(12)16-11(20)3-2-4-22-16/h2-7H,1H3,(H,23,27). The van der Waals surface area contributed by atoms with Gasteiger partial charge in [-0.05, 0) is 64.3 Å². The van der Waals surface area contributed by atoms with Crippen LogP contribution in [0.2, 0.25) is 10.0 Å². The smallest absolute Gasteiger partial charge is 0.274 e. The van der Waals surface area contributed by atoms with E-state index in [0.29, 0.717) is 20.2 Å². The van der Waals surface area contributed by atoms with Crippen LogP contribution in [0.3, 0.4) is 0 Å². The number of aryl methyl sites for hydroxylation is 1. The number of pyridine rings is 1. The second-order valence-electron chi connectivity index (χ2n) is 5.45. The molecule has 138 valence electrons. The number of amides is 1. The highest BCUT2D eigenvalue weighted by Gasteiger charge is 2.21. The maximum absolute atomic E-state index is 12.9. The lowest BCUT2D eigenvalue weighted by atomic mass is 10.1. The fourth-order valence-electron chi connectivity index (χ4n) is 2.45. The first-order chi connectivity index (χ1) is 12.8. The van der Waals surface area contributed by atoms with E-state index in [0.717, 1.165) is 0 Å². The molecule has 1 N–H and O–H groups in total. The number of hydrogen-bond acceptors (Lipinski definition) is 4. The average Bonchev–Trinajstić information content (AvgIpc) is 2.99. The molecule has 3 rings (SSSR count). The average molecular weight is 489 g/mol. The summed E-state index contributed by atoms with van der Waals surface area (Å²) in [5.41, 5.74) is 1.10. The Morgan fingerprint density at radius 2 is 1.96 bits per heavy atom. The highest BCUT2D eigenvalue weighted by Crippen LogP contribution is 2.28. The summed E-state index contributed by atoms with van der Waals surface area (Å²) in [5, 5.41) is 6.82. The number of hydrogen-bond donors (Lipinski definition) is 1. The van der Waals surface area contributed by atoms with Gasteiger partial charge in [0.25, 0.3) is 11.1 Å². The largest absolute Gasteiger partial charge is 0.320 e. The summed E-state index contributed by atoms with van der Waals surface area (Å²) < 4.78 is 1.71. The molecule has 0 fully saturated rings. The van der Waals surface area contributed by atoms with Crippen molar-refractivity contribution in [1.29, 1.82) is 0 Å². The molecule has 27 heavy (non-hydrogen) atoms. The van der Waals surface area contributed by atoms with Crippen LogP contribution in [0.5, 0.6) is 0 Å². The van der Waals surface area contributed by atoms with E-state index in [9.17, 15) is 9.59 Å². The molecule has 0 radical (unpaired) electrons. The second-order valence-corrected chi connectivity index (χ2v) is 7.45. The molecule has 0 bridgehead atoms. The zero-order valence-corrected chi connectivity index (χ0v) is 17.5. The van der Waals surface area contributed by atoms with Gasteiger partial charge in [-0.3, -0.25) is 9.59 Å². The van der Waals surface area contributed by atoms with E-state index in [4.69, 9.17) is 34.8 Å². The molecular weight excluding hydrogens is 478 g/mol. The number of carbonyl (C=O) groups is 2. The van der Waals surface area contributed by atoms with E-state index >= 15 is 0 Å². The molecule has 3 aromatic rings. The minimum atomic E-state index is -0.738. The third-order valence-corrected chi connectivity index (χ3v) is 4.71. The Kier molecular flexibility index (Phi) is 5.86. The Bertz CT molecular complexity index is 1070. The van der Waals surface area contributed by atoms with Crippen molar-refractivity contribution in [2.24, 2.45) is 0 Å². The maximum atomic E-state index is 12.9. The van der Waals surface area contributed by atoms with E-state index in [-0.39, 0.29) is 22.8 Å². The molecule has 2 heterocycles. The number of nitrogens with one attached hydrogen (secondary N) is 1. The van der Waals surface area contributed by atoms with Crippen molar-refractivity contribution in [3.8, 4) is 5.82 Å². The van der Waals surface area contributed by atoms with E-state index in [1.165, 1.54) is 23.0 Å². The van der Waals surface area contributed by atoms with Crippen molar-refractivity contribution in [2.75, 3.05) is 5.32 Å². The first-order valence-corrected chi connectivity index (χ1v) is 9.38. The molecule has 0 saturated carbocycles. The van der Waals surface area contributed by atoms with Gasteiger partial charge in [-0.1, -0.05) is 23.2 Å². The Labute approximate surface area is 177 Å². The van der Waals surface area contributed by atoms with Gasteiger partial charge in [0, 0.05) is 17.3 Å². The van der Waals surface area contributed by atoms with E-state index in [2.05, 4.69) is 31.3 Å². The summed E-state index contributed by atoms with van der Waals surface area (Å²) in [7, 11) is 0. The van der Waals surface area contributed by atoms with Gasteiger partial charge < -0.3 is 5.32 Å². The van der Waals surface area contributed by atoms with E-state index < -0.39 is 11.1 Å². The molecule has 0 saturated heterocycles. The number of carbonyl (C=O) groups excluding carboxylic acids is 2. The molecule has 0 atom stereocenters. The van der Waals surface area contributed by atoms with Crippen LogP contribution in [0.4, 0.5) is 5.69 Å². The third-order valence-electron chi connectivity index (χ3n) is 3.60. The fourth-order valence-corrected chi connectivity index (χ4v) is 3.45. The predicted octanol–water partition coefficient (Wildman–Crippen LogP) is 5.28. The van der Waals surface area contributed by atoms with Gasteiger partial charge in [0.05, 0.1) is 16.3 Å². The number of nitrogens with zero attached hydrogens (tertiary/aromatic N) is 3. The second kappa shape index (κ2) is 7.98. The molecule has 1 aromatic carbocycles. The zero-order chi connectivity index (χ0) is 19.7. The minimum Gasteiger partial charge on any atom is -0.320 e. The minimum absolute atomic E-state index is 0.0935. The van der Waals surface area contributed by atoms with Gasteiger partial charge in [0.15, 0.2) is 5.82 Å². The van der Waals surface area contributed by atoms with Crippen LogP contribution in [-0.2, 0) is 0 Å². The molecule has 0 aliphatic carbocycles. The van der Waals surface area contributed by atoms with Gasteiger partial charge in [-0.25, -0.2) is 9.67 Å². The number of benzene rings is 1. The monoisotopic (exact) mass is 486 g/mol. The van der Waals surface area contributed by atoms with Crippen molar-refractivity contribution in [3.05, 3.63) is 68.0 Å². The molecule has 6 nitrogen and oxygen atoms in total. The lowest BCUT2D eigenvalue weighted by molar-refractivity contribution is 0.101. The lowest BCUT2D eigenvalue weighted by Crippen LogP contribution is -2.19. The Morgan fingerprint density at radius 1 is 1.22 bits per heavy atom. The molecular formula is C17H10BrCl3N4O2. The van der Waals surface area contributed by atoms with Gasteiger partial charge in [0.1, 0.15) is 10.3 Å². The van der Waals surface area contributed by atoms with Gasteiger partial charge in [0.2, 0.25) is 0 Å². The summed E-state index contributed by atoms with van der Waals surface area (Å²) >= 11 is 21.0.